The molecular weight excluding hydrogens is 534 g/mol. The lowest BCUT2D eigenvalue weighted by Gasteiger charge is -2.21. The molecule has 4 rings (SSSR count). The van der Waals surface area contributed by atoms with E-state index in [-0.39, 0.29) is 16.3 Å². The molecule has 1 atom stereocenters. The van der Waals surface area contributed by atoms with Crippen molar-refractivity contribution in [3.05, 3.63) is 53.1 Å². The monoisotopic (exact) mass is 557 g/mol. The highest BCUT2D eigenvalue weighted by molar-refractivity contribution is 7.98. The van der Waals surface area contributed by atoms with Crippen LogP contribution in [0.2, 0.25) is 0 Å². The van der Waals surface area contributed by atoms with Crippen molar-refractivity contribution in [1.82, 2.24) is 8.87 Å². The van der Waals surface area contributed by atoms with Gasteiger partial charge in [0.15, 0.2) is 14.6 Å². The van der Waals surface area contributed by atoms with Gasteiger partial charge in [0, 0.05) is 25.1 Å². The molecule has 0 aliphatic carbocycles. The van der Waals surface area contributed by atoms with Crippen molar-refractivity contribution in [3.63, 3.8) is 0 Å². The molecule has 2 heterocycles. The Morgan fingerprint density at radius 1 is 1.14 bits per heavy atom. The van der Waals surface area contributed by atoms with Crippen molar-refractivity contribution in [3.8, 4) is 0 Å². The third kappa shape index (κ3) is 5.38. The summed E-state index contributed by atoms with van der Waals surface area (Å²) in [5, 5.41) is 0. The Kier molecular flexibility index (Phi) is 7.53. The lowest BCUT2D eigenvalue weighted by Crippen LogP contribution is -2.40. The summed E-state index contributed by atoms with van der Waals surface area (Å²) in [6.07, 6.45) is 3.92. The number of thioether (sulfide) groups is 1. The Labute approximate surface area is 211 Å². The minimum Gasteiger partial charge on any atom is -0.316 e. The predicted octanol–water partition coefficient (Wildman–Crippen LogP) is 2.89. The molecule has 1 unspecified atom stereocenters. The van der Waals surface area contributed by atoms with Crippen molar-refractivity contribution < 1.29 is 26.0 Å². The summed E-state index contributed by atoms with van der Waals surface area (Å²) in [5.74, 6) is -0.386. The Morgan fingerprint density at radius 2 is 1.83 bits per heavy atom. The average Bonchev–Trinajstić information content (AvgIpc) is 3.42. The number of carbonyl (C=O) groups excluding carboxylic acids is 1. The fourth-order valence-electron chi connectivity index (χ4n) is 3.95. The first-order valence-electron chi connectivity index (χ1n) is 10.7. The maximum Gasteiger partial charge on any atom is 0.266 e. The molecule has 1 aromatic heterocycles. The summed E-state index contributed by atoms with van der Waals surface area (Å²) in [7, 11) is -7.41. The molecule has 13 heteroatoms. The maximum absolute atomic E-state index is 13.3. The Hall–Kier alpha value is -2.06. The Bertz CT molecular complexity index is 1540. The number of benzene rings is 2. The smallest absolute Gasteiger partial charge is 0.266 e. The van der Waals surface area contributed by atoms with Crippen LogP contribution in [0.3, 0.4) is 0 Å². The summed E-state index contributed by atoms with van der Waals surface area (Å²) >= 11 is 2.81. The molecule has 0 spiro atoms. The molecule has 0 N–H and O–H groups in total. The van der Waals surface area contributed by atoms with Crippen LogP contribution in [0.1, 0.15) is 12.8 Å². The summed E-state index contributed by atoms with van der Waals surface area (Å²) < 4.78 is 67.2. The van der Waals surface area contributed by atoms with E-state index in [2.05, 4.69) is 4.99 Å². The van der Waals surface area contributed by atoms with E-state index in [0.29, 0.717) is 28.9 Å². The Morgan fingerprint density at radius 3 is 2.49 bits per heavy atom. The number of fused-ring (bicyclic) bond motifs is 1. The van der Waals surface area contributed by atoms with Gasteiger partial charge in [-0.2, -0.15) is 21.1 Å². The number of sulfone groups is 1. The first-order valence-corrected chi connectivity index (χ1v) is 16.2. The normalized spacial score (nSPS) is 17.9. The number of aryl methyl sites for hydroxylation is 1. The lowest BCUT2D eigenvalue weighted by atomic mass is 10.2. The third-order valence-corrected chi connectivity index (χ3v) is 10.4. The van der Waals surface area contributed by atoms with Gasteiger partial charge in [-0.1, -0.05) is 11.3 Å². The first-order chi connectivity index (χ1) is 16.5. The quantitative estimate of drug-likeness (QED) is 0.442. The number of halogens is 1. The van der Waals surface area contributed by atoms with Gasteiger partial charge in [0.2, 0.25) is 10.0 Å². The van der Waals surface area contributed by atoms with Crippen LogP contribution in [0, 0.1) is 5.82 Å². The summed E-state index contributed by atoms with van der Waals surface area (Å²) in [6, 6.07) is 8.34. The van der Waals surface area contributed by atoms with Crippen molar-refractivity contribution in [2.45, 2.75) is 35.2 Å². The van der Waals surface area contributed by atoms with E-state index >= 15 is 0 Å². The molecule has 8 nitrogen and oxygen atoms in total. The SMILES string of the molecule is CSCCn1c(=NC(=O)C2CCCN2S(=O)(=O)c2ccc(F)cc2)sc2cc(S(C)(=O)=O)ccc21. The van der Waals surface area contributed by atoms with E-state index in [1.807, 2.05) is 10.8 Å². The molecule has 3 aromatic rings. The highest BCUT2D eigenvalue weighted by Gasteiger charge is 2.39. The molecule has 1 fully saturated rings. The third-order valence-electron chi connectivity index (χ3n) is 5.72. The lowest BCUT2D eigenvalue weighted by molar-refractivity contribution is -0.121. The Balaban J connectivity index is 1.74. The number of amides is 1. The summed E-state index contributed by atoms with van der Waals surface area (Å²) in [5.41, 5.74) is 0.755. The van der Waals surface area contributed by atoms with Crippen LogP contribution >= 0.6 is 23.1 Å². The highest BCUT2D eigenvalue weighted by Crippen LogP contribution is 2.27. The van der Waals surface area contributed by atoms with Crippen LogP contribution in [-0.4, -0.2) is 62.5 Å². The second-order valence-electron chi connectivity index (χ2n) is 8.11. The van der Waals surface area contributed by atoms with Gasteiger partial charge >= 0.3 is 0 Å². The van der Waals surface area contributed by atoms with Crippen molar-refractivity contribution >= 4 is 59.1 Å². The number of thiazole rings is 1. The molecule has 0 radical (unpaired) electrons. The van der Waals surface area contributed by atoms with Gasteiger partial charge in [-0.05, 0) is 61.6 Å². The van der Waals surface area contributed by atoms with E-state index in [1.165, 1.54) is 29.5 Å². The van der Waals surface area contributed by atoms with Gasteiger partial charge < -0.3 is 4.57 Å². The number of aromatic nitrogens is 1. The topological polar surface area (TPSA) is 106 Å². The van der Waals surface area contributed by atoms with E-state index in [0.717, 1.165) is 34.0 Å². The highest BCUT2D eigenvalue weighted by atomic mass is 32.2. The molecule has 1 amide bonds. The van der Waals surface area contributed by atoms with Gasteiger partial charge in [-0.3, -0.25) is 4.79 Å². The average molecular weight is 558 g/mol. The summed E-state index contributed by atoms with van der Waals surface area (Å²) in [6.45, 7) is 0.718. The zero-order valence-corrected chi connectivity index (χ0v) is 22.3. The molecule has 1 saturated heterocycles. The van der Waals surface area contributed by atoms with Crippen molar-refractivity contribution in [2.75, 3.05) is 24.8 Å². The van der Waals surface area contributed by atoms with E-state index in [9.17, 15) is 26.0 Å². The number of hydrogen-bond acceptors (Lipinski definition) is 7. The molecule has 0 saturated carbocycles. The second kappa shape index (κ2) is 10.1. The minimum absolute atomic E-state index is 0.0798. The van der Waals surface area contributed by atoms with Crippen LogP contribution in [0.15, 0.2) is 57.2 Å². The van der Waals surface area contributed by atoms with Gasteiger partial charge in [0.05, 0.1) is 20.0 Å². The van der Waals surface area contributed by atoms with E-state index < -0.39 is 37.6 Å². The molecule has 0 bridgehead atoms. The molecule has 1 aliphatic rings. The van der Waals surface area contributed by atoms with Gasteiger partial charge in [-0.15, -0.1) is 0 Å². The molecular formula is C22H24FN3O5S4. The number of carbonyl (C=O) groups is 1. The second-order valence-corrected chi connectivity index (χ2v) is 14.0. The molecule has 1 aliphatic heterocycles. The van der Waals surface area contributed by atoms with Crippen LogP contribution in [0.4, 0.5) is 4.39 Å². The zero-order chi connectivity index (χ0) is 25.4. The van der Waals surface area contributed by atoms with Gasteiger partial charge in [0.25, 0.3) is 5.91 Å². The number of hydrogen-bond donors (Lipinski definition) is 0. The fourth-order valence-corrected chi connectivity index (χ4v) is 7.79. The molecule has 2 aromatic carbocycles. The number of nitrogens with zero attached hydrogens (tertiary/aromatic N) is 3. The number of rotatable bonds is 7. The van der Waals surface area contributed by atoms with E-state index in [4.69, 9.17) is 0 Å². The standard InChI is InChI=1S/C22H24FN3O5S4/c1-32-13-12-25-18-10-9-17(34(2,28)29)14-20(18)33-22(25)24-21(27)19-4-3-11-26(19)35(30,31)16-7-5-15(23)6-8-16/h5-10,14,19H,3-4,11-13H2,1-2H3. The minimum atomic E-state index is -4.00. The van der Waals surface area contributed by atoms with Crippen LogP contribution in [-0.2, 0) is 31.2 Å². The van der Waals surface area contributed by atoms with Crippen molar-refractivity contribution in [1.29, 1.82) is 0 Å². The zero-order valence-electron chi connectivity index (χ0n) is 19.0. The largest absolute Gasteiger partial charge is 0.316 e. The first kappa shape index (κ1) is 26.0. The fraction of sp³-hybridized carbons (Fsp3) is 0.364. The van der Waals surface area contributed by atoms with Crippen LogP contribution in [0.5, 0.6) is 0 Å². The van der Waals surface area contributed by atoms with Crippen LogP contribution < -0.4 is 4.80 Å². The molecule has 188 valence electrons. The van der Waals surface area contributed by atoms with Gasteiger partial charge in [-0.25, -0.2) is 21.2 Å². The summed E-state index contributed by atoms with van der Waals surface area (Å²) in [4.78, 5) is 18.0. The predicted molar refractivity (Wildman–Crippen MR) is 135 cm³/mol. The maximum atomic E-state index is 13.3. The number of sulfonamides is 1. The van der Waals surface area contributed by atoms with Crippen LogP contribution in [0.25, 0.3) is 10.2 Å². The molecule has 35 heavy (non-hydrogen) atoms. The van der Waals surface area contributed by atoms with Gasteiger partial charge in [0.1, 0.15) is 11.9 Å². The van der Waals surface area contributed by atoms with Crippen molar-refractivity contribution in [2.24, 2.45) is 4.99 Å². The van der Waals surface area contributed by atoms with E-state index in [1.54, 1.807) is 23.9 Å².